The highest BCUT2D eigenvalue weighted by molar-refractivity contribution is 5.90. The summed E-state index contributed by atoms with van der Waals surface area (Å²) in [4.78, 5) is 12.6. The van der Waals surface area contributed by atoms with Gasteiger partial charge in [0.25, 0.3) is 5.91 Å². The molecule has 2 rings (SSSR count). The summed E-state index contributed by atoms with van der Waals surface area (Å²) in [6.07, 6.45) is -4.74. The molecule has 0 bridgehead atoms. The van der Waals surface area contributed by atoms with Crippen LogP contribution in [-0.4, -0.2) is 29.5 Å². The zero-order valence-corrected chi connectivity index (χ0v) is 12.0. The van der Waals surface area contributed by atoms with E-state index in [1.807, 2.05) is 0 Å². The fraction of sp³-hybridized carbons (Fsp3) is 0.214. The molecule has 1 aromatic heterocycles. The van der Waals surface area contributed by atoms with Crippen LogP contribution in [0.3, 0.4) is 0 Å². The first-order chi connectivity index (χ1) is 10.7. The first-order valence-electron chi connectivity index (χ1n) is 6.44. The van der Waals surface area contributed by atoms with Crippen molar-refractivity contribution < 1.29 is 22.7 Å². The number of benzene rings is 1. The largest absolute Gasteiger partial charge is 0.573 e. The van der Waals surface area contributed by atoms with Crippen LogP contribution in [0.25, 0.3) is 0 Å². The molecular weight excluding hydrogens is 313 g/mol. The molecule has 0 atom stereocenters. The zero-order chi connectivity index (χ0) is 17.0. The lowest BCUT2D eigenvalue weighted by atomic mass is 10.2. The number of primary amides is 1. The number of rotatable bonds is 5. The number of amides is 1. The normalized spacial score (nSPS) is 11.1. The second-order valence-electron chi connectivity index (χ2n) is 4.69. The van der Waals surface area contributed by atoms with Gasteiger partial charge in [-0.1, -0.05) is 12.1 Å². The Morgan fingerprint density at radius 2 is 2.00 bits per heavy atom. The molecule has 0 saturated carbocycles. The highest BCUT2D eigenvalue weighted by Gasteiger charge is 2.31. The standard InChI is InChI=1S/C14H13F3N4O2/c1-21(12-6-5-11(13(18)22)19-20-12)8-9-3-2-4-10(7-9)23-14(15,16)17/h2-7H,8H2,1H3,(H2,18,22). The number of nitrogens with two attached hydrogens (primary N) is 1. The first-order valence-corrected chi connectivity index (χ1v) is 6.44. The molecule has 0 aliphatic rings. The molecule has 2 N–H and O–H groups in total. The smallest absolute Gasteiger partial charge is 0.406 e. The quantitative estimate of drug-likeness (QED) is 0.910. The first kappa shape index (κ1) is 16.5. The van der Waals surface area contributed by atoms with E-state index in [0.29, 0.717) is 11.4 Å². The number of hydrogen-bond acceptors (Lipinski definition) is 5. The number of hydrogen-bond donors (Lipinski definition) is 1. The lowest BCUT2D eigenvalue weighted by Gasteiger charge is -2.18. The Hall–Kier alpha value is -2.84. The Labute approximate surface area is 129 Å². The average molecular weight is 326 g/mol. The highest BCUT2D eigenvalue weighted by Crippen LogP contribution is 2.24. The van der Waals surface area contributed by atoms with E-state index < -0.39 is 12.3 Å². The van der Waals surface area contributed by atoms with Crippen molar-refractivity contribution in [1.29, 1.82) is 0 Å². The second-order valence-corrected chi connectivity index (χ2v) is 4.69. The molecular formula is C14H13F3N4O2. The van der Waals surface area contributed by atoms with E-state index in [1.54, 1.807) is 24.1 Å². The van der Waals surface area contributed by atoms with Gasteiger partial charge in [0, 0.05) is 13.6 Å². The summed E-state index contributed by atoms with van der Waals surface area (Å²) in [6.45, 7) is 0.277. The van der Waals surface area contributed by atoms with E-state index in [4.69, 9.17) is 5.73 Å². The Morgan fingerprint density at radius 3 is 2.57 bits per heavy atom. The molecule has 1 amide bonds. The van der Waals surface area contributed by atoms with E-state index in [2.05, 4.69) is 14.9 Å². The molecule has 23 heavy (non-hydrogen) atoms. The van der Waals surface area contributed by atoms with Gasteiger partial charge < -0.3 is 15.4 Å². The van der Waals surface area contributed by atoms with Gasteiger partial charge in [-0.3, -0.25) is 4.79 Å². The minimum absolute atomic E-state index is 0.0303. The van der Waals surface area contributed by atoms with Crippen molar-refractivity contribution >= 4 is 11.7 Å². The van der Waals surface area contributed by atoms with Crippen LogP contribution >= 0.6 is 0 Å². The molecule has 0 radical (unpaired) electrons. The van der Waals surface area contributed by atoms with Crippen LogP contribution in [0.15, 0.2) is 36.4 Å². The number of alkyl halides is 3. The van der Waals surface area contributed by atoms with Crippen LogP contribution in [0.5, 0.6) is 5.75 Å². The van der Waals surface area contributed by atoms with E-state index in [1.165, 1.54) is 24.3 Å². The molecule has 1 aromatic carbocycles. The summed E-state index contributed by atoms with van der Waals surface area (Å²) < 4.78 is 40.5. The van der Waals surface area contributed by atoms with Crippen molar-refractivity contribution in [2.45, 2.75) is 12.9 Å². The molecule has 6 nitrogen and oxygen atoms in total. The van der Waals surface area contributed by atoms with Gasteiger partial charge in [0.2, 0.25) is 0 Å². The van der Waals surface area contributed by atoms with Crippen molar-refractivity contribution in [1.82, 2.24) is 10.2 Å². The van der Waals surface area contributed by atoms with Crippen LogP contribution in [0.4, 0.5) is 19.0 Å². The maximum absolute atomic E-state index is 12.2. The maximum atomic E-state index is 12.2. The molecule has 0 aliphatic heterocycles. The zero-order valence-electron chi connectivity index (χ0n) is 12.0. The fourth-order valence-corrected chi connectivity index (χ4v) is 1.86. The minimum Gasteiger partial charge on any atom is -0.406 e. The van der Waals surface area contributed by atoms with Gasteiger partial charge >= 0.3 is 6.36 Å². The lowest BCUT2D eigenvalue weighted by Crippen LogP contribution is -2.20. The number of carbonyl (C=O) groups excluding carboxylic acids is 1. The molecule has 0 spiro atoms. The molecule has 0 aliphatic carbocycles. The molecule has 1 heterocycles. The summed E-state index contributed by atoms with van der Waals surface area (Å²) in [6, 6.07) is 8.60. The maximum Gasteiger partial charge on any atom is 0.573 e. The van der Waals surface area contributed by atoms with E-state index in [0.717, 1.165) is 0 Å². The van der Waals surface area contributed by atoms with E-state index >= 15 is 0 Å². The molecule has 0 unspecified atom stereocenters. The molecule has 9 heteroatoms. The Morgan fingerprint density at radius 1 is 1.26 bits per heavy atom. The third kappa shape index (κ3) is 4.83. The number of anilines is 1. The number of nitrogens with zero attached hydrogens (tertiary/aromatic N) is 3. The highest BCUT2D eigenvalue weighted by atomic mass is 19.4. The number of halogens is 3. The molecule has 0 fully saturated rings. The number of aromatic nitrogens is 2. The van der Waals surface area contributed by atoms with Gasteiger partial charge in [-0.05, 0) is 29.8 Å². The predicted molar refractivity (Wildman–Crippen MR) is 75.8 cm³/mol. The van der Waals surface area contributed by atoms with Crippen molar-refractivity contribution in [2.75, 3.05) is 11.9 Å². The van der Waals surface area contributed by atoms with Crippen LogP contribution in [-0.2, 0) is 6.54 Å². The van der Waals surface area contributed by atoms with Crippen molar-refractivity contribution in [3.63, 3.8) is 0 Å². The summed E-state index contributed by atoms with van der Waals surface area (Å²) in [5, 5.41) is 7.51. The van der Waals surface area contributed by atoms with Gasteiger partial charge in [0.05, 0.1) is 0 Å². The number of ether oxygens (including phenoxy) is 1. The van der Waals surface area contributed by atoms with Gasteiger partial charge in [0.15, 0.2) is 11.5 Å². The topological polar surface area (TPSA) is 81.3 Å². The Bertz CT molecular complexity index is 689. The van der Waals surface area contributed by atoms with Gasteiger partial charge in [0.1, 0.15) is 5.75 Å². The molecule has 122 valence electrons. The summed E-state index contributed by atoms with van der Waals surface area (Å²) in [5.74, 6) is -0.542. The number of carbonyl (C=O) groups is 1. The summed E-state index contributed by atoms with van der Waals surface area (Å²) in [5.41, 5.74) is 5.69. The summed E-state index contributed by atoms with van der Waals surface area (Å²) in [7, 11) is 1.69. The minimum atomic E-state index is -4.74. The van der Waals surface area contributed by atoms with Crippen molar-refractivity contribution in [3.8, 4) is 5.75 Å². The lowest BCUT2D eigenvalue weighted by molar-refractivity contribution is -0.274. The second kappa shape index (κ2) is 6.51. The van der Waals surface area contributed by atoms with Crippen LogP contribution in [0.1, 0.15) is 16.1 Å². The van der Waals surface area contributed by atoms with Gasteiger partial charge in [-0.25, -0.2) is 0 Å². The van der Waals surface area contributed by atoms with Crippen LogP contribution < -0.4 is 15.4 Å². The monoisotopic (exact) mass is 326 g/mol. The Kier molecular flexibility index (Phi) is 4.68. The van der Waals surface area contributed by atoms with Gasteiger partial charge in [-0.2, -0.15) is 0 Å². The van der Waals surface area contributed by atoms with Gasteiger partial charge in [-0.15, -0.1) is 23.4 Å². The predicted octanol–water partition coefficient (Wildman–Crippen LogP) is 2.11. The van der Waals surface area contributed by atoms with Crippen molar-refractivity contribution in [3.05, 3.63) is 47.7 Å². The molecule has 0 saturated heterocycles. The average Bonchev–Trinajstić information content (AvgIpc) is 2.46. The molecule has 2 aromatic rings. The van der Waals surface area contributed by atoms with Crippen molar-refractivity contribution in [2.24, 2.45) is 5.73 Å². The summed E-state index contributed by atoms with van der Waals surface area (Å²) >= 11 is 0. The van der Waals surface area contributed by atoms with E-state index in [9.17, 15) is 18.0 Å². The fourth-order valence-electron chi connectivity index (χ4n) is 1.86. The Balaban J connectivity index is 2.09. The van der Waals surface area contributed by atoms with E-state index in [-0.39, 0.29) is 18.0 Å². The SMILES string of the molecule is CN(Cc1cccc(OC(F)(F)F)c1)c1ccc(C(N)=O)nn1. The van der Waals surface area contributed by atoms with Crippen LogP contribution in [0, 0.1) is 0 Å². The van der Waals surface area contributed by atoms with Crippen LogP contribution in [0.2, 0.25) is 0 Å². The third-order valence-corrected chi connectivity index (χ3v) is 2.85. The third-order valence-electron chi connectivity index (χ3n) is 2.85.